The molecule has 1 fully saturated rings. The van der Waals surface area contributed by atoms with Gasteiger partial charge in [-0.3, -0.25) is 4.79 Å². The van der Waals surface area contributed by atoms with Gasteiger partial charge in [0.05, 0.1) is 19.8 Å². The van der Waals surface area contributed by atoms with Crippen molar-refractivity contribution in [3.8, 4) is 0 Å². The Hall–Kier alpha value is -2.11. The van der Waals surface area contributed by atoms with Crippen molar-refractivity contribution in [2.45, 2.75) is 179 Å². The largest absolute Gasteiger partial charge is 0.457 e. The molecule has 0 aromatic heterocycles. The number of carbonyl (C=O) groups excluding carboxylic acids is 1. The monoisotopic (exact) mass is 735 g/mol. The fourth-order valence-corrected chi connectivity index (χ4v) is 5.72. The van der Waals surface area contributed by atoms with Crippen molar-refractivity contribution in [2.24, 2.45) is 0 Å². The summed E-state index contributed by atoms with van der Waals surface area (Å²) in [7, 11) is 0. The minimum Gasteiger partial charge on any atom is -0.457 e. The van der Waals surface area contributed by atoms with E-state index in [2.05, 4.69) is 74.6 Å². The smallest absolute Gasteiger partial charge is 0.306 e. The first-order valence-corrected chi connectivity index (χ1v) is 20.4. The molecule has 0 saturated carbocycles. The highest BCUT2D eigenvalue weighted by molar-refractivity contribution is 5.69. The van der Waals surface area contributed by atoms with E-state index in [1.54, 1.807) is 0 Å². The SMILES string of the molecule is CC/C=C\C/C=C\C/C=C\CCCCCCCC(=O)OC(COCCCCCCCC/C=C\C/C=C\CCC)COC1OC(CO)C(O)C(O)C1O. The summed E-state index contributed by atoms with van der Waals surface area (Å²) in [6.45, 7) is 4.31. The Morgan fingerprint density at radius 1 is 0.635 bits per heavy atom. The molecule has 1 aliphatic heterocycles. The van der Waals surface area contributed by atoms with Crippen LogP contribution in [0.25, 0.3) is 0 Å². The van der Waals surface area contributed by atoms with E-state index >= 15 is 0 Å². The van der Waals surface area contributed by atoms with Gasteiger partial charge in [0.2, 0.25) is 0 Å². The first-order valence-electron chi connectivity index (χ1n) is 20.4. The standard InChI is InChI=1S/C43H74O9/c1-3-5-7-9-11-13-15-17-19-20-22-24-26-28-30-32-39(45)51-37(36-50-43-42(48)41(47)40(46)38(34-44)52-43)35-49-33-31-29-27-25-23-21-18-16-14-12-10-8-6-4-2/h5,7-8,10-11,13-14,16-17,19,37-38,40-44,46-48H,3-4,6,9,12,15,18,20-36H2,1-2H3/b7-5-,10-8-,13-11-,16-14-,19-17-. The van der Waals surface area contributed by atoms with Crippen molar-refractivity contribution in [3.63, 3.8) is 0 Å². The molecule has 4 N–H and O–H groups in total. The van der Waals surface area contributed by atoms with Crippen LogP contribution in [0.4, 0.5) is 0 Å². The Bertz CT molecular complexity index is 974. The third kappa shape index (κ3) is 25.8. The summed E-state index contributed by atoms with van der Waals surface area (Å²) in [5, 5.41) is 40.0. The van der Waals surface area contributed by atoms with Gasteiger partial charge in [-0.2, -0.15) is 0 Å². The molecule has 0 radical (unpaired) electrons. The van der Waals surface area contributed by atoms with Gasteiger partial charge < -0.3 is 39.4 Å². The molecule has 0 aromatic carbocycles. The van der Waals surface area contributed by atoms with E-state index in [1.807, 2.05) is 0 Å². The zero-order chi connectivity index (χ0) is 37.9. The summed E-state index contributed by atoms with van der Waals surface area (Å²) in [6.07, 6.45) is 35.3. The Kier molecular flexibility index (Phi) is 31.9. The molecular weight excluding hydrogens is 660 g/mol. The van der Waals surface area contributed by atoms with Crippen molar-refractivity contribution >= 4 is 5.97 Å². The van der Waals surface area contributed by atoms with Crippen LogP contribution in [0.3, 0.4) is 0 Å². The predicted octanol–water partition coefficient (Wildman–Crippen LogP) is 8.35. The predicted molar refractivity (Wildman–Crippen MR) is 210 cm³/mol. The lowest BCUT2D eigenvalue weighted by molar-refractivity contribution is -0.305. The molecule has 0 aromatic rings. The molecule has 0 spiro atoms. The highest BCUT2D eigenvalue weighted by Crippen LogP contribution is 2.22. The summed E-state index contributed by atoms with van der Waals surface area (Å²) in [6, 6.07) is 0. The summed E-state index contributed by atoms with van der Waals surface area (Å²) < 4.78 is 22.7. The third-order valence-electron chi connectivity index (χ3n) is 8.90. The maximum absolute atomic E-state index is 12.7. The van der Waals surface area contributed by atoms with Crippen LogP contribution in [0.5, 0.6) is 0 Å². The lowest BCUT2D eigenvalue weighted by Crippen LogP contribution is -2.59. The van der Waals surface area contributed by atoms with E-state index in [-0.39, 0.29) is 19.2 Å². The van der Waals surface area contributed by atoms with Gasteiger partial charge in [0.25, 0.3) is 0 Å². The molecule has 52 heavy (non-hydrogen) atoms. The van der Waals surface area contributed by atoms with Crippen LogP contribution >= 0.6 is 0 Å². The van der Waals surface area contributed by atoms with Crippen LogP contribution in [-0.4, -0.2) is 89.6 Å². The molecule has 0 aliphatic carbocycles. The average molecular weight is 735 g/mol. The van der Waals surface area contributed by atoms with Crippen LogP contribution in [0.15, 0.2) is 60.8 Å². The van der Waals surface area contributed by atoms with Crippen LogP contribution in [0.2, 0.25) is 0 Å². The minimum atomic E-state index is -1.54. The van der Waals surface area contributed by atoms with Crippen LogP contribution in [-0.2, 0) is 23.7 Å². The fraction of sp³-hybridized carbons (Fsp3) is 0.744. The number of aliphatic hydroxyl groups excluding tert-OH is 4. The number of ether oxygens (including phenoxy) is 4. The first-order chi connectivity index (χ1) is 25.4. The van der Waals surface area contributed by atoms with Crippen LogP contribution < -0.4 is 0 Å². The van der Waals surface area contributed by atoms with E-state index in [4.69, 9.17) is 18.9 Å². The molecule has 6 unspecified atom stereocenters. The van der Waals surface area contributed by atoms with Crippen molar-refractivity contribution in [1.29, 1.82) is 0 Å². The van der Waals surface area contributed by atoms with Gasteiger partial charge in [-0.15, -0.1) is 0 Å². The molecule has 0 amide bonds. The zero-order valence-electron chi connectivity index (χ0n) is 32.5. The number of rotatable bonds is 33. The Labute approximate surface area is 315 Å². The molecule has 300 valence electrons. The molecule has 9 heteroatoms. The molecule has 1 aliphatic rings. The third-order valence-corrected chi connectivity index (χ3v) is 8.90. The van der Waals surface area contributed by atoms with Crippen LogP contribution in [0, 0.1) is 0 Å². The molecular formula is C43H74O9. The summed E-state index contributed by atoms with van der Waals surface area (Å²) in [4.78, 5) is 12.7. The molecule has 0 bridgehead atoms. The van der Waals surface area contributed by atoms with Gasteiger partial charge in [0, 0.05) is 13.0 Å². The molecule has 1 heterocycles. The van der Waals surface area contributed by atoms with Gasteiger partial charge >= 0.3 is 5.97 Å². The normalized spacial score (nSPS) is 21.8. The number of carbonyl (C=O) groups is 1. The van der Waals surface area contributed by atoms with E-state index in [9.17, 15) is 25.2 Å². The summed E-state index contributed by atoms with van der Waals surface area (Å²) in [5.41, 5.74) is 0. The topological polar surface area (TPSA) is 135 Å². The molecule has 1 saturated heterocycles. The van der Waals surface area contributed by atoms with Crippen molar-refractivity contribution < 1.29 is 44.2 Å². The van der Waals surface area contributed by atoms with Gasteiger partial charge in [0.15, 0.2) is 6.29 Å². The minimum absolute atomic E-state index is 0.127. The van der Waals surface area contributed by atoms with Crippen molar-refractivity contribution in [1.82, 2.24) is 0 Å². The number of unbranched alkanes of at least 4 members (excludes halogenated alkanes) is 12. The van der Waals surface area contributed by atoms with Gasteiger partial charge in [-0.1, -0.05) is 126 Å². The van der Waals surface area contributed by atoms with E-state index in [0.717, 1.165) is 96.3 Å². The Morgan fingerprint density at radius 2 is 1.17 bits per heavy atom. The highest BCUT2D eigenvalue weighted by atomic mass is 16.7. The fourth-order valence-electron chi connectivity index (χ4n) is 5.72. The molecule has 1 rings (SSSR count). The van der Waals surface area contributed by atoms with Crippen LogP contribution in [0.1, 0.15) is 142 Å². The highest BCUT2D eigenvalue weighted by Gasteiger charge is 2.44. The van der Waals surface area contributed by atoms with E-state index < -0.39 is 43.4 Å². The zero-order valence-corrected chi connectivity index (χ0v) is 32.5. The lowest BCUT2D eigenvalue weighted by Gasteiger charge is -2.39. The second kappa shape index (κ2) is 34.6. The number of hydrogen-bond acceptors (Lipinski definition) is 9. The second-order valence-electron chi connectivity index (χ2n) is 13.7. The van der Waals surface area contributed by atoms with Crippen molar-refractivity contribution in [3.05, 3.63) is 60.8 Å². The number of aliphatic hydroxyl groups is 4. The summed E-state index contributed by atoms with van der Waals surface area (Å²) in [5.74, 6) is -0.338. The van der Waals surface area contributed by atoms with Gasteiger partial charge in [-0.05, 0) is 70.6 Å². The number of allylic oxidation sites excluding steroid dienone is 10. The Morgan fingerprint density at radius 3 is 1.77 bits per heavy atom. The maximum atomic E-state index is 12.7. The van der Waals surface area contributed by atoms with Gasteiger partial charge in [-0.25, -0.2) is 0 Å². The number of hydrogen-bond donors (Lipinski definition) is 4. The average Bonchev–Trinajstić information content (AvgIpc) is 3.14. The van der Waals surface area contributed by atoms with E-state index in [1.165, 1.54) is 25.7 Å². The first kappa shape index (κ1) is 47.9. The molecule has 6 atom stereocenters. The number of esters is 1. The van der Waals surface area contributed by atoms with Crippen molar-refractivity contribution in [2.75, 3.05) is 26.4 Å². The quantitative estimate of drug-likeness (QED) is 0.0298. The lowest BCUT2D eigenvalue weighted by atomic mass is 9.99. The van der Waals surface area contributed by atoms with Gasteiger partial charge in [0.1, 0.15) is 30.5 Å². The maximum Gasteiger partial charge on any atom is 0.306 e. The molecule has 9 nitrogen and oxygen atoms in total. The Balaban J connectivity index is 2.33. The summed E-state index contributed by atoms with van der Waals surface area (Å²) >= 11 is 0. The second-order valence-corrected chi connectivity index (χ2v) is 13.7. The van der Waals surface area contributed by atoms with E-state index in [0.29, 0.717) is 13.0 Å².